The van der Waals surface area contributed by atoms with E-state index in [1.165, 1.54) is 12.1 Å². The Hall–Kier alpha value is -3.29. The number of thioether (sulfide) groups is 1. The fourth-order valence-electron chi connectivity index (χ4n) is 3.32. The van der Waals surface area contributed by atoms with Gasteiger partial charge >= 0.3 is 0 Å². The van der Waals surface area contributed by atoms with Crippen LogP contribution in [0.2, 0.25) is 5.02 Å². The van der Waals surface area contributed by atoms with Gasteiger partial charge in [-0.3, -0.25) is 14.9 Å². The number of hydrogen-bond donors (Lipinski definition) is 2. The minimum absolute atomic E-state index is 0.0615. The number of carbonyl (C=O) groups is 1. The number of benzene rings is 3. The van der Waals surface area contributed by atoms with Crippen LogP contribution in [0.4, 0.5) is 5.69 Å². The number of carbonyl (C=O) groups excluding carboxylic acids is 1. The summed E-state index contributed by atoms with van der Waals surface area (Å²) in [5, 5.41) is 15.7. The lowest BCUT2D eigenvalue weighted by atomic mass is 10.1. The molecule has 4 rings (SSSR count). The van der Waals surface area contributed by atoms with E-state index in [4.69, 9.17) is 11.6 Å². The maximum absolute atomic E-state index is 12.4. The van der Waals surface area contributed by atoms with E-state index in [1.807, 2.05) is 42.5 Å². The van der Waals surface area contributed by atoms with E-state index in [9.17, 15) is 14.9 Å². The third-order valence-electron chi connectivity index (χ3n) is 4.77. The van der Waals surface area contributed by atoms with E-state index in [-0.39, 0.29) is 11.3 Å². The molecule has 0 aliphatic carbocycles. The Labute approximate surface area is 187 Å². The summed E-state index contributed by atoms with van der Waals surface area (Å²) in [4.78, 5) is 27.6. The third-order valence-corrected chi connectivity index (χ3v) is 6.14. The summed E-state index contributed by atoms with van der Waals surface area (Å²) in [7, 11) is 0. The van der Waals surface area contributed by atoms with E-state index in [0.29, 0.717) is 17.3 Å². The summed E-state index contributed by atoms with van der Waals surface area (Å²) in [6, 6.07) is 21.6. The molecule has 6 nitrogen and oxygen atoms in total. The van der Waals surface area contributed by atoms with Crippen molar-refractivity contribution in [1.29, 1.82) is 0 Å². The average Bonchev–Trinajstić information content (AvgIpc) is 3.15. The monoisotopic (exact) mass is 451 g/mol. The number of nitro benzene ring substituents is 1. The molecule has 2 N–H and O–H groups in total. The fraction of sp³-hybridized carbons (Fsp3) is 0.0870. The number of aromatic nitrogens is 1. The second kappa shape index (κ2) is 9.24. The fourth-order valence-corrected chi connectivity index (χ4v) is 4.50. The zero-order chi connectivity index (χ0) is 21.8. The molecular formula is C23H18ClN3O3S. The molecule has 1 amide bonds. The summed E-state index contributed by atoms with van der Waals surface area (Å²) in [5.41, 5.74) is 2.90. The maximum atomic E-state index is 12.4. The molecule has 4 aromatic rings. The standard InChI is InChI=1S/C23H18ClN3O3S/c24-16-11-9-15(10-12-16)21-22(17-5-1-3-7-19(17)26-21)31-14-13-25-23(28)18-6-2-4-8-20(18)27(29)30/h1-12,26H,13-14H2,(H,25,28). The van der Waals surface area contributed by atoms with Crippen molar-refractivity contribution < 1.29 is 9.72 Å². The molecule has 3 aromatic carbocycles. The van der Waals surface area contributed by atoms with Crippen molar-refractivity contribution in [3.63, 3.8) is 0 Å². The summed E-state index contributed by atoms with van der Waals surface area (Å²) < 4.78 is 0. The molecule has 0 aliphatic rings. The van der Waals surface area contributed by atoms with Crippen molar-refractivity contribution in [3.8, 4) is 11.3 Å². The Balaban J connectivity index is 1.49. The zero-order valence-corrected chi connectivity index (χ0v) is 17.9. The summed E-state index contributed by atoms with van der Waals surface area (Å²) in [6.07, 6.45) is 0. The Morgan fingerprint density at radius 2 is 1.74 bits per heavy atom. The molecule has 0 bridgehead atoms. The van der Waals surface area contributed by atoms with E-state index in [0.717, 1.165) is 27.1 Å². The first-order valence-corrected chi connectivity index (χ1v) is 10.9. The lowest BCUT2D eigenvalue weighted by Gasteiger charge is -2.08. The van der Waals surface area contributed by atoms with Gasteiger partial charge in [-0.2, -0.15) is 0 Å². The quantitative estimate of drug-likeness (QED) is 0.158. The van der Waals surface area contributed by atoms with Gasteiger partial charge in [-0.25, -0.2) is 0 Å². The Kier molecular flexibility index (Phi) is 6.25. The topological polar surface area (TPSA) is 88.0 Å². The molecule has 0 radical (unpaired) electrons. The smallest absolute Gasteiger partial charge is 0.282 e. The number of nitrogens with zero attached hydrogens (tertiary/aromatic N) is 1. The predicted molar refractivity (Wildman–Crippen MR) is 125 cm³/mol. The Bertz CT molecular complexity index is 1250. The molecule has 0 atom stereocenters. The number of nitrogens with one attached hydrogen (secondary N) is 2. The maximum Gasteiger partial charge on any atom is 0.282 e. The minimum atomic E-state index is -0.548. The molecule has 0 saturated carbocycles. The number of amides is 1. The minimum Gasteiger partial charge on any atom is -0.354 e. The molecular weight excluding hydrogens is 434 g/mol. The first-order valence-electron chi connectivity index (χ1n) is 9.55. The second-order valence-electron chi connectivity index (χ2n) is 6.76. The molecule has 1 aromatic heterocycles. The predicted octanol–water partition coefficient (Wildman–Crippen LogP) is 5.92. The van der Waals surface area contributed by atoms with Gasteiger partial charge < -0.3 is 10.3 Å². The SMILES string of the molecule is O=C(NCCSc1c(-c2ccc(Cl)cc2)[nH]c2ccccc12)c1ccccc1[N+](=O)[O-]. The van der Waals surface area contributed by atoms with Crippen molar-refractivity contribution in [2.75, 3.05) is 12.3 Å². The number of para-hydroxylation sites is 2. The van der Waals surface area contributed by atoms with Crippen LogP contribution in [-0.4, -0.2) is 28.1 Å². The van der Waals surface area contributed by atoms with Crippen molar-refractivity contribution in [2.45, 2.75) is 4.90 Å². The van der Waals surface area contributed by atoms with Crippen LogP contribution in [0.3, 0.4) is 0 Å². The van der Waals surface area contributed by atoms with E-state index in [1.54, 1.807) is 23.9 Å². The third kappa shape index (κ3) is 4.57. The lowest BCUT2D eigenvalue weighted by Crippen LogP contribution is -2.26. The van der Waals surface area contributed by atoms with Gasteiger partial charge in [0.15, 0.2) is 0 Å². The molecule has 0 spiro atoms. The van der Waals surface area contributed by atoms with Crippen LogP contribution in [-0.2, 0) is 0 Å². The highest BCUT2D eigenvalue weighted by Crippen LogP contribution is 2.37. The molecule has 1 heterocycles. The van der Waals surface area contributed by atoms with E-state index in [2.05, 4.69) is 16.4 Å². The number of H-pyrrole nitrogens is 1. The van der Waals surface area contributed by atoms with Crippen molar-refractivity contribution in [3.05, 3.63) is 93.5 Å². The summed E-state index contributed by atoms with van der Waals surface area (Å²) in [6.45, 7) is 0.370. The van der Waals surface area contributed by atoms with Gasteiger partial charge in [0, 0.05) is 39.2 Å². The first kappa shape index (κ1) is 21.0. The van der Waals surface area contributed by atoms with Crippen molar-refractivity contribution in [1.82, 2.24) is 10.3 Å². The number of fused-ring (bicyclic) bond motifs is 1. The van der Waals surface area contributed by atoms with Crippen LogP contribution in [0, 0.1) is 10.1 Å². The molecule has 31 heavy (non-hydrogen) atoms. The van der Waals surface area contributed by atoms with Gasteiger partial charge in [-0.15, -0.1) is 11.8 Å². The highest BCUT2D eigenvalue weighted by molar-refractivity contribution is 7.99. The van der Waals surface area contributed by atoms with Crippen LogP contribution >= 0.6 is 23.4 Å². The number of nitro groups is 1. The highest BCUT2D eigenvalue weighted by atomic mass is 35.5. The second-order valence-corrected chi connectivity index (χ2v) is 8.30. The molecule has 0 aliphatic heterocycles. The van der Waals surface area contributed by atoms with E-state index < -0.39 is 10.8 Å². The highest BCUT2D eigenvalue weighted by Gasteiger charge is 2.19. The summed E-state index contributed by atoms with van der Waals surface area (Å²) >= 11 is 7.65. The molecule has 0 fully saturated rings. The largest absolute Gasteiger partial charge is 0.354 e. The van der Waals surface area contributed by atoms with Gasteiger partial charge in [-0.05, 0) is 29.8 Å². The van der Waals surface area contributed by atoms with Gasteiger partial charge in [0.25, 0.3) is 11.6 Å². The number of rotatable bonds is 7. The Morgan fingerprint density at radius 3 is 2.52 bits per heavy atom. The number of aromatic amines is 1. The molecule has 8 heteroatoms. The normalized spacial score (nSPS) is 10.9. The number of hydrogen-bond acceptors (Lipinski definition) is 4. The van der Waals surface area contributed by atoms with Crippen molar-refractivity contribution >= 4 is 45.9 Å². The van der Waals surface area contributed by atoms with E-state index >= 15 is 0 Å². The van der Waals surface area contributed by atoms with Gasteiger partial charge in [0.1, 0.15) is 5.56 Å². The van der Waals surface area contributed by atoms with Crippen LogP contribution < -0.4 is 5.32 Å². The van der Waals surface area contributed by atoms with Gasteiger partial charge in [0.05, 0.1) is 10.6 Å². The summed E-state index contributed by atoms with van der Waals surface area (Å²) in [5.74, 6) is 0.152. The first-order chi connectivity index (χ1) is 15.0. The van der Waals surface area contributed by atoms with Crippen LogP contribution in [0.1, 0.15) is 10.4 Å². The zero-order valence-electron chi connectivity index (χ0n) is 16.3. The Morgan fingerprint density at radius 1 is 1.03 bits per heavy atom. The van der Waals surface area contributed by atoms with Crippen molar-refractivity contribution in [2.24, 2.45) is 0 Å². The van der Waals surface area contributed by atoms with Crippen LogP contribution in [0.5, 0.6) is 0 Å². The van der Waals surface area contributed by atoms with Gasteiger partial charge in [0.2, 0.25) is 0 Å². The van der Waals surface area contributed by atoms with Crippen LogP contribution in [0.25, 0.3) is 22.2 Å². The molecule has 0 unspecified atom stereocenters. The van der Waals surface area contributed by atoms with Gasteiger partial charge in [-0.1, -0.05) is 54.1 Å². The molecule has 0 saturated heterocycles. The average molecular weight is 452 g/mol. The number of halogens is 1. The van der Waals surface area contributed by atoms with Crippen LogP contribution in [0.15, 0.2) is 77.7 Å². The lowest BCUT2D eigenvalue weighted by molar-refractivity contribution is -0.385. The molecule has 156 valence electrons.